The van der Waals surface area contributed by atoms with Crippen molar-refractivity contribution in [1.82, 2.24) is 0 Å². The molecule has 0 bridgehead atoms. The Morgan fingerprint density at radius 1 is 0.536 bits per heavy atom. The third kappa shape index (κ3) is 3.55. The first-order valence-electron chi connectivity index (χ1n) is 9.41. The molecule has 0 radical (unpaired) electrons. The Morgan fingerprint density at radius 2 is 0.893 bits per heavy atom. The number of hydrogen-bond acceptors (Lipinski definition) is 2. The Labute approximate surface area is 167 Å². The molecule has 3 rings (SSSR count). The van der Waals surface area contributed by atoms with Crippen molar-refractivity contribution in [2.24, 2.45) is 0 Å². The van der Waals surface area contributed by atoms with Gasteiger partial charge in [0.15, 0.2) is 0 Å². The van der Waals surface area contributed by atoms with Crippen LogP contribution in [0.3, 0.4) is 0 Å². The van der Waals surface area contributed by atoms with E-state index in [1.807, 2.05) is 48.5 Å². The summed E-state index contributed by atoms with van der Waals surface area (Å²) in [6.45, 7) is 8.84. The fourth-order valence-corrected chi connectivity index (χ4v) is 3.55. The van der Waals surface area contributed by atoms with Crippen molar-refractivity contribution in [3.8, 4) is 12.1 Å². The summed E-state index contributed by atoms with van der Waals surface area (Å²) in [5, 5.41) is 18.1. The highest BCUT2D eigenvalue weighted by Gasteiger charge is 2.27. The number of nitrogens with zero attached hydrogens (tertiary/aromatic N) is 2. The fourth-order valence-electron chi connectivity index (χ4n) is 3.55. The lowest BCUT2D eigenvalue weighted by atomic mass is 9.73. The molecule has 0 heterocycles. The van der Waals surface area contributed by atoms with Crippen LogP contribution in [0, 0.1) is 22.7 Å². The van der Waals surface area contributed by atoms with E-state index in [1.165, 1.54) is 22.3 Å². The van der Waals surface area contributed by atoms with Gasteiger partial charge in [0.05, 0.1) is 23.3 Å². The molecule has 0 aromatic heterocycles. The van der Waals surface area contributed by atoms with Gasteiger partial charge in [0.1, 0.15) is 0 Å². The van der Waals surface area contributed by atoms with Crippen LogP contribution in [0.15, 0.2) is 72.8 Å². The summed E-state index contributed by atoms with van der Waals surface area (Å²) in [7, 11) is 0. The molecule has 0 aliphatic heterocycles. The molecule has 2 nitrogen and oxygen atoms in total. The van der Waals surface area contributed by atoms with E-state index in [0.29, 0.717) is 11.1 Å². The van der Waals surface area contributed by atoms with Crippen molar-refractivity contribution in [1.29, 1.82) is 10.5 Å². The molecular weight excluding hydrogens is 340 g/mol. The summed E-state index contributed by atoms with van der Waals surface area (Å²) in [6.07, 6.45) is 0. The molecule has 0 saturated heterocycles. The van der Waals surface area contributed by atoms with Crippen molar-refractivity contribution >= 4 is 0 Å². The van der Waals surface area contributed by atoms with E-state index in [2.05, 4.69) is 64.1 Å². The lowest BCUT2D eigenvalue weighted by molar-refractivity contribution is 0.617. The van der Waals surface area contributed by atoms with E-state index >= 15 is 0 Å². The minimum atomic E-state index is -0.176. The number of nitriles is 2. The molecule has 2 heteroatoms. The highest BCUT2D eigenvalue weighted by Crippen LogP contribution is 2.37. The molecule has 0 unspecified atom stereocenters. The Bertz CT molecular complexity index is 972. The first-order valence-corrected chi connectivity index (χ1v) is 9.41. The number of hydrogen-bond donors (Lipinski definition) is 0. The highest BCUT2D eigenvalue weighted by atomic mass is 14.3. The molecule has 0 N–H and O–H groups in total. The van der Waals surface area contributed by atoms with Crippen LogP contribution in [0.1, 0.15) is 61.1 Å². The van der Waals surface area contributed by atoms with Gasteiger partial charge in [-0.2, -0.15) is 10.5 Å². The fraction of sp³-hybridized carbons (Fsp3) is 0.231. The molecule has 0 aliphatic carbocycles. The van der Waals surface area contributed by atoms with Gasteiger partial charge in [-0.15, -0.1) is 0 Å². The second kappa shape index (κ2) is 7.34. The van der Waals surface area contributed by atoms with Gasteiger partial charge in [-0.3, -0.25) is 0 Å². The first kappa shape index (κ1) is 19.4. The predicted octanol–water partition coefficient (Wildman–Crippen LogP) is 6.08. The van der Waals surface area contributed by atoms with Crippen LogP contribution in [0.4, 0.5) is 0 Å². The van der Waals surface area contributed by atoms with E-state index in [9.17, 15) is 0 Å². The minimum absolute atomic E-state index is 0.176. The van der Waals surface area contributed by atoms with Gasteiger partial charge in [0.25, 0.3) is 0 Å². The number of rotatable bonds is 4. The standard InChI is InChI=1S/C26H24N2/c1-25(2,21-12-8-19(17-27)9-13-21)23-6-5-7-24(16-23)26(3,4)22-14-10-20(18-28)11-15-22/h5-16H,1-4H3. The molecule has 0 aliphatic rings. The zero-order valence-corrected chi connectivity index (χ0v) is 16.8. The summed E-state index contributed by atoms with van der Waals surface area (Å²) in [5.74, 6) is 0. The third-order valence-corrected chi connectivity index (χ3v) is 5.78. The molecule has 3 aromatic rings. The van der Waals surface area contributed by atoms with Gasteiger partial charge >= 0.3 is 0 Å². The quantitative estimate of drug-likeness (QED) is 0.563. The topological polar surface area (TPSA) is 47.6 Å². The Hall–Kier alpha value is -3.36. The van der Waals surface area contributed by atoms with Gasteiger partial charge in [0.2, 0.25) is 0 Å². The van der Waals surface area contributed by atoms with Crippen LogP contribution in [-0.2, 0) is 10.8 Å². The van der Waals surface area contributed by atoms with Gasteiger partial charge in [-0.05, 0) is 46.5 Å². The van der Waals surface area contributed by atoms with Gasteiger partial charge in [-0.25, -0.2) is 0 Å². The summed E-state index contributed by atoms with van der Waals surface area (Å²) in [4.78, 5) is 0. The third-order valence-electron chi connectivity index (χ3n) is 5.78. The maximum absolute atomic E-state index is 9.05. The van der Waals surface area contributed by atoms with Crippen LogP contribution >= 0.6 is 0 Å². The summed E-state index contributed by atoms with van der Waals surface area (Å²) in [6, 6.07) is 28.7. The number of benzene rings is 3. The second-order valence-electron chi connectivity index (χ2n) is 8.21. The molecule has 0 amide bonds. The Balaban J connectivity index is 2.00. The smallest absolute Gasteiger partial charge is 0.0991 e. The monoisotopic (exact) mass is 364 g/mol. The van der Waals surface area contributed by atoms with Crippen LogP contribution in [0.2, 0.25) is 0 Å². The Morgan fingerprint density at radius 3 is 1.21 bits per heavy atom. The van der Waals surface area contributed by atoms with Gasteiger partial charge in [-0.1, -0.05) is 76.2 Å². The van der Waals surface area contributed by atoms with Crippen LogP contribution < -0.4 is 0 Å². The van der Waals surface area contributed by atoms with Crippen molar-refractivity contribution < 1.29 is 0 Å². The van der Waals surface area contributed by atoms with Gasteiger partial charge < -0.3 is 0 Å². The predicted molar refractivity (Wildman–Crippen MR) is 113 cm³/mol. The van der Waals surface area contributed by atoms with E-state index in [0.717, 1.165) is 0 Å². The summed E-state index contributed by atoms with van der Waals surface area (Å²) < 4.78 is 0. The summed E-state index contributed by atoms with van der Waals surface area (Å²) in [5.41, 5.74) is 5.83. The molecule has 3 aromatic carbocycles. The Kier molecular flexibility index (Phi) is 5.08. The first-order chi connectivity index (χ1) is 13.3. The summed E-state index contributed by atoms with van der Waals surface area (Å²) >= 11 is 0. The molecule has 138 valence electrons. The normalized spacial score (nSPS) is 11.5. The van der Waals surface area contributed by atoms with Crippen molar-refractivity contribution in [3.05, 3.63) is 106 Å². The van der Waals surface area contributed by atoms with Crippen LogP contribution in [0.5, 0.6) is 0 Å². The van der Waals surface area contributed by atoms with E-state index < -0.39 is 0 Å². The largest absolute Gasteiger partial charge is 0.192 e. The van der Waals surface area contributed by atoms with E-state index in [-0.39, 0.29) is 10.8 Å². The lowest BCUT2D eigenvalue weighted by Crippen LogP contribution is -2.23. The van der Waals surface area contributed by atoms with E-state index in [4.69, 9.17) is 10.5 Å². The van der Waals surface area contributed by atoms with Crippen molar-refractivity contribution in [3.63, 3.8) is 0 Å². The van der Waals surface area contributed by atoms with E-state index in [1.54, 1.807) is 0 Å². The molecular formula is C26H24N2. The second-order valence-corrected chi connectivity index (χ2v) is 8.21. The zero-order valence-electron chi connectivity index (χ0n) is 16.8. The average molecular weight is 364 g/mol. The van der Waals surface area contributed by atoms with Crippen molar-refractivity contribution in [2.75, 3.05) is 0 Å². The lowest BCUT2D eigenvalue weighted by Gasteiger charge is -2.31. The SMILES string of the molecule is CC(C)(c1ccc(C#N)cc1)c1cccc(C(C)(C)c2ccc(C#N)cc2)c1. The van der Waals surface area contributed by atoms with Gasteiger partial charge in [0, 0.05) is 10.8 Å². The maximum atomic E-state index is 9.05. The molecule has 0 spiro atoms. The molecule has 0 fully saturated rings. The molecule has 28 heavy (non-hydrogen) atoms. The van der Waals surface area contributed by atoms with Crippen LogP contribution in [0.25, 0.3) is 0 Å². The molecule has 0 atom stereocenters. The van der Waals surface area contributed by atoms with Crippen LogP contribution in [-0.4, -0.2) is 0 Å². The zero-order chi connectivity index (χ0) is 20.4. The maximum Gasteiger partial charge on any atom is 0.0991 e. The van der Waals surface area contributed by atoms with Crippen molar-refractivity contribution in [2.45, 2.75) is 38.5 Å². The minimum Gasteiger partial charge on any atom is -0.192 e. The molecule has 0 saturated carbocycles. The highest BCUT2D eigenvalue weighted by molar-refractivity contribution is 5.46. The average Bonchev–Trinajstić information content (AvgIpc) is 2.74.